The number of hydrogen-bond acceptors (Lipinski definition) is 3. The van der Waals surface area contributed by atoms with Crippen molar-refractivity contribution in [2.75, 3.05) is 17.7 Å². The summed E-state index contributed by atoms with van der Waals surface area (Å²) in [6, 6.07) is 10.9. The van der Waals surface area contributed by atoms with Crippen LogP contribution in [-0.2, 0) is 10.9 Å². The predicted octanol–water partition coefficient (Wildman–Crippen LogP) is 4.30. The fourth-order valence-electron chi connectivity index (χ4n) is 1.84. The van der Waals surface area contributed by atoms with E-state index in [1.807, 2.05) is 0 Å². The van der Waals surface area contributed by atoms with Crippen molar-refractivity contribution < 1.29 is 22.7 Å². The fourth-order valence-corrected chi connectivity index (χ4v) is 2.08. The molecule has 0 heterocycles. The summed E-state index contributed by atoms with van der Waals surface area (Å²) in [5, 5.41) is 5.85. The van der Waals surface area contributed by atoms with Crippen LogP contribution in [0.3, 0.4) is 0 Å². The lowest BCUT2D eigenvalue weighted by Gasteiger charge is -2.12. The van der Waals surface area contributed by atoms with Gasteiger partial charge in [0.2, 0.25) is 0 Å². The van der Waals surface area contributed by atoms with Crippen LogP contribution in [0.15, 0.2) is 48.5 Å². The number of halogens is 3. The molecule has 0 spiro atoms. The van der Waals surface area contributed by atoms with Crippen LogP contribution in [0.2, 0.25) is 0 Å². The average Bonchev–Trinajstić information content (AvgIpc) is 2.54. The number of ether oxygens (including phenoxy) is 1. The van der Waals surface area contributed by atoms with Gasteiger partial charge in [-0.25, -0.2) is 4.79 Å². The number of carbonyl (C=O) groups is 1. The molecule has 2 aromatic rings. The summed E-state index contributed by atoms with van der Waals surface area (Å²) in [5.74, 6) is -0.452. The van der Waals surface area contributed by atoms with Crippen LogP contribution in [0, 0.1) is 0 Å². The zero-order valence-corrected chi connectivity index (χ0v) is 13.3. The molecule has 0 radical (unpaired) electrons. The highest BCUT2D eigenvalue weighted by Gasteiger charge is 2.29. The highest BCUT2D eigenvalue weighted by molar-refractivity contribution is 7.80. The van der Waals surface area contributed by atoms with E-state index in [0.717, 1.165) is 12.1 Å². The summed E-state index contributed by atoms with van der Waals surface area (Å²) in [7, 11) is 1.29. The van der Waals surface area contributed by atoms with Gasteiger partial charge in [0.1, 0.15) is 0 Å². The number of alkyl halides is 3. The van der Waals surface area contributed by atoms with Gasteiger partial charge < -0.3 is 15.4 Å². The molecule has 2 aromatic carbocycles. The van der Waals surface area contributed by atoms with Gasteiger partial charge in [0, 0.05) is 11.4 Å². The topological polar surface area (TPSA) is 50.4 Å². The van der Waals surface area contributed by atoms with Crippen LogP contribution in [0.1, 0.15) is 15.9 Å². The smallest absolute Gasteiger partial charge is 0.416 e. The van der Waals surface area contributed by atoms with Gasteiger partial charge in [-0.15, -0.1) is 0 Å². The van der Waals surface area contributed by atoms with Crippen molar-refractivity contribution in [2.24, 2.45) is 0 Å². The molecule has 0 saturated carbocycles. The van der Waals surface area contributed by atoms with Crippen molar-refractivity contribution in [3.05, 3.63) is 59.7 Å². The SMILES string of the molecule is COC(=O)c1ccc(NC(=S)Nc2ccc(C(F)(F)F)cc2)cc1. The summed E-state index contributed by atoms with van der Waals surface area (Å²) in [6.45, 7) is 0. The number of nitrogens with one attached hydrogen (secondary N) is 2. The van der Waals surface area contributed by atoms with Gasteiger partial charge in [-0.3, -0.25) is 0 Å². The molecule has 2 rings (SSSR count). The predicted molar refractivity (Wildman–Crippen MR) is 89.1 cm³/mol. The van der Waals surface area contributed by atoms with Gasteiger partial charge in [0.25, 0.3) is 0 Å². The van der Waals surface area contributed by atoms with E-state index in [-0.39, 0.29) is 5.11 Å². The molecular formula is C16H13F3N2O2S. The maximum absolute atomic E-state index is 12.5. The Morgan fingerprint density at radius 1 is 0.958 bits per heavy atom. The lowest BCUT2D eigenvalue weighted by atomic mass is 10.2. The first kappa shape index (κ1) is 17.7. The minimum atomic E-state index is -4.38. The molecular weight excluding hydrogens is 341 g/mol. The molecule has 2 N–H and O–H groups in total. The van der Waals surface area contributed by atoms with Crippen LogP contribution in [-0.4, -0.2) is 18.2 Å². The Kier molecular flexibility index (Phi) is 5.40. The first-order valence-corrected chi connectivity index (χ1v) is 7.14. The summed E-state index contributed by atoms with van der Waals surface area (Å²) in [4.78, 5) is 11.3. The van der Waals surface area contributed by atoms with Gasteiger partial charge in [0.15, 0.2) is 5.11 Å². The third-order valence-electron chi connectivity index (χ3n) is 3.03. The third-order valence-corrected chi connectivity index (χ3v) is 3.24. The Hall–Kier alpha value is -2.61. The number of carbonyl (C=O) groups excluding carboxylic acids is 1. The van der Waals surface area contributed by atoms with E-state index in [0.29, 0.717) is 16.9 Å². The molecule has 0 bridgehead atoms. The molecule has 0 fully saturated rings. The third kappa shape index (κ3) is 4.69. The van der Waals surface area contributed by atoms with Crippen molar-refractivity contribution >= 4 is 34.7 Å². The summed E-state index contributed by atoms with van der Waals surface area (Å²) in [5.41, 5.74) is 0.703. The molecule has 126 valence electrons. The number of anilines is 2. The number of methoxy groups -OCH3 is 1. The minimum absolute atomic E-state index is 0.209. The highest BCUT2D eigenvalue weighted by atomic mass is 32.1. The first-order chi connectivity index (χ1) is 11.3. The lowest BCUT2D eigenvalue weighted by molar-refractivity contribution is -0.137. The van der Waals surface area contributed by atoms with Crippen LogP contribution in [0.4, 0.5) is 24.5 Å². The molecule has 0 saturated heterocycles. The van der Waals surface area contributed by atoms with Crippen LogP contribution < -0.4 is 10.6 Å². The number of benzene rings is 2. The summed E-state index contributed by atoms with van der Waals surface area (Å²) >= 11 is 5.10. The Morgan fingerprint density at radius 3 is 1.83 bits per heavy atom. The van der Waals surface area contributed by atoms with Gasteiger partial charge in [-0.2, -0.15) is 13.2 Å². The standard InChI is InChI=1S/C16H13F3N2O2S/c1-23-14(22)10-2-6-12(7-3-10)20-15(24)21-13-8-4-11(5-9-13)16(17,18)19/h2-9H,1H3,(H2,20,21,24). The van der Waals surface area contributed by atoms with Crippen molar-refractivity contribution in [3.8, 4) is 0 Å². The van der Waals surface area contributed by atoms with E-state index in [1.54, 1.807) is 24.3 Å². The second-order valence-corrected chi connectivity index (χ2v) is 5.13. The molecule has 4 nitrogen and oxygen atoms in total. The molecule has 0 amide bonds. The normalized spacial score (nSPS) is 10.8. The molecule has 8 heteroatoms. The Balaban J connectivity index is 1.97. The molecule has 0 aliphatic carbocycles. The van der Waals surface area contributed by atoms with Crippen LogP contribution in [0.25, 0.3) is 0 Å². The van der Waals surface area contributed by atoms with E-state index in [1.165, 1.54) is 19.2 Å². The maximum Gasteiger partial charge on any atom is 0.416 e. The molecule has 0 aliphatic heterocycles. The van der Waals surface area contributed by atoms with Crippen molar-refractivity contribution in [1.82, 2.24) is 0 Å². The van der Waals surface area contributed by atoms with Crippen molar-refractivity contribution in [2.45, 2.75) is 6.18 Å². The van der Waals surface area contributed by atoms with Crippen LogP contribution in [0.5, 0.6) is 0 Å². The summed E-state index contributed by atoms with van der Waals surface area (Å²) < 4.78 is 42.1. The fraction of sp³-hybridized carbons (Fsp3) is 0.125. The van der Waals surface area contributed by atoms with Gasteiger partial charge in [-0.1, -0.05) is 0 Å². The number of hydrogen-bond donors (Lipinski definition) is 2. The number of esters is 1. The monoisotopic (exact) mass is 354 g/mol. The zero-order chi connectivity index (χ0) is 17.7. The van der Waals surface area contributed by atoms with E-state index in [2.05, 4.69) is 15.4 Å². The van der Waals surface area contributed by atoms with Gasteiger partial charge in [-0.05, 0) is 60.7 Å². The van der Waals surface area contributed by atoms with Crippen molar-refractivity contribution in [1.29, 1.82) is 0 Å². The molecule has 0 aromatic heterocycles. The first-order valence-electron chi connectivity index (χ1n) is 6.73. The Labute approximate surface area is 141 Å². The minimum Gasteiger partial charge on any atom is -0.465 e. The van der Waals surface area contributed by atoms with E-state index in [4.69, 9.17) is 12.2 Å². The molecule has 0 atom stereocenters. The van der Waals surface area contributed by atoms with E-state index >= 15 is 0 Å². The average molecular weight is 354 g/mol. The zero-order valence-electron chi connectivity index (χ0n) is 12.5. The summed E-state index contributed by atoms with van der Waals surface area (Å²) in [6.07, 6.45) is -4.38. The molecule has 0 aliphatic rings. The second-order valence-electron chi connectivity index (χ2n) is 4.72. The number of rotatable bonds is 3. The van der Waals surface area contributed by atoms with Gasteiger partial charge >= 0.3 is 12.1 Å². The Morgan fingerprint density at radius 2 is 1.42 bits per heavy atom. The van der Waals surface area contributed by atoms with E-state index in [9.17, 15) is 18.0 Å². The lowest BCUT2D eigenvalue weighted by Crippen LogP contribution is -2.19. The van der Waals surface area contributed by atoms with E-state index < -0.39 is 17.7 Å². The molecule has 0 unspecified atom stereocenters. The van der Waals surface area contributed by atoms with Crippen molar-refractivity contribution in [3.63, 3.8) is 0 Å². The maximum atomic E-state index is 12.5. The second kappa shape index (κ2) is 7.31. The van der Waals surface area contributed by atoms with Gasteiger partial charge in [0.05, 0.1) is 18.2 Å². The van der Waals surface area contributed by atoms with Crippen LogP contribution >= 0.6 is 12.2 Å². The largest absolute Gasteiger partial charge is 0.465 e. The highest BCUT2D eigenvalue weighted by Crippen LogP contribution is 2.29. The number of thiocarbonyl (C=S) groups is 1. The molecule has 24 heavy (non-hydrogen) atoms. The Bertz CT molecular complexity index is 728. The quantitative estimate of drug-likeness (QED) is 0.636.